The number of carbonyl (C=O) groups is 1. The Hall–Kier alpha value is -0.900. The molecule has 3 nitrogen and oxygen atoms in total. The third-order valence-electron chi connectivity index (χ3n) is 1.90. The third kappa shape index (κ3) is 1.64. The van der Waals surface area contributed by atoms with Crippen LogP contribution in [0.2, 0.25) is 0 Å². The average molecular weight is 184 g/mol. The smallest absolute Gasteiger partial charge is 0.231 e. The molecule has 2 aliphatic rings. The fourth-order valence-electron chi connectivity index (χ4n) is 1.05. The van der Waals surface area contributed by atoms with Crippen LogP contribution >= 0.6 is 11.1 Å². The molecule has 0 bridgehead atoms. The van der Waals surface area contributed by atoms with Crippen LogP contribution in [0.25, 0.3) is 0 Å². The Morgan fingerprint density at radius 2 is 2.42 bits per heavy atom. The molecular formula is C8H12N2OS. The molecule has 0 radical (unpaired) electrons. The molecule has 0 aromatic heterocycles. The summed E-state index contributed by atoms with van der Waals surface area (Å²) in [5, 5.41) is 3.88. The molecule has 1 atom stereocenters. The van der Waals surface area contributed by atoms with Crippen LogP contribution in [0.3, 0.4) is 0 Å². The van der Waals surface area contributed by atoms with E-state index in [2.05, 4.69) is 4.72 Å². The van der Waals surface area contributed by atoms with Crippen molar-refractivity contribution in [1.82, 2.24) is 4.72 Å². The lowest BCUT2D eigenvalue weighted by atomic mass is 10.4. The van der Waals surface area contributed by atoms with Crippen LogP contribution in [0, 0.1) is 5.92 Å². The van der Waals surface area contributed by atoms with Gasteiger partial charge in [0.2, 0.25) is 5.91 Å². The van der Waals surface area contributed by atoms with Crippen LogP contribution in [-0.4, -0.2) is 5.91 Å². The van der Waals surface area contributed by atoms with Crippen LogP contribution in [-0.2, 0) is 4.79 Å². The number of allylic oxidation sites excluding steroid dienone is 1. The number of thiol groups is 1. The molecule has 1 aliphatic carbocycles. The van der Waals surface area contributed by atoms with Crippen molar-refractivity contribution in [2.45, 2.75) is 12.8 Å². The highest BCUT2D eigenvalue weighted by molar-refractivity contribution is 8.21. The van der Waals surface area contributed by atoms with Crippen molar-refractivity contribution in [2.75, 3.05) is 0 Å². The van der Waals surface area contributed by atoms with Gasteiger partial charge < -0.3 is 10.5 Å². The van der Waals surface area contributed by atoms with Crippen molar-refractivity contribution in [2.24, 2.45) is 11.7 Å². The minimum atomic E-state index is -0.583. The zero-order valence-electron chi connectivity index (χ0n) is 6.66. The van der Waals surface area contributed by atoms with Crippen molar-refractivity contribution in [3.63, 3.8) is 0 Å². The van der Waals surface area contributed by atoms with E-state index in [0.717, 1.165) is 18.5 Å². The summed E-state index contributed by atoms with van der Waals surface area (Å²) in [6.45, 7) is 0. The number of nitrogens with two attached hydrogens (primary N) is 1. The molecule has 66 valence electrons. The van der Waals surface area contributed by atoms with E-state index in [4.69, 9.17) is 5.73 Å². The molecule has 12 heavy (non-hydrogen) atoms. The topological polar surface area (TPSA) is 55.1 Å². The standard InChI is InChI=1S/C8H12N2OS/c9-7-3-4-12(5-7)10-8(11)6-1-2-6/h3-6,12H,1-2,9H2,(H,10,11). The zero-order valence-corrected chi connectivity index (χ0v) is 7.55. The molecule has 1 fully saturated rings. The van der Waals surface area contributed by atoms with Crippen molar-refractivity contribution in [1.29, 1.82) is 0 Å². The summed E-state index contributed by atoms with van der Waals surface area (Å²) in [4.78, 5) is 11.3. The molecule has 3 N–H and O–H groups in total. The number of hydrogen-bond acceptors (Lipinski definition) is 2. The SMILES string of the molecule is NC1=C[SH](NC(=O)C2CC2)C=C1. The Kier molecular flexibility index (Phi) is 1.84. The molecule has 1 saturated carbocycles. The molecule has 1 aliphatic heterocycles. The molecule has 0 aromatic rings. The van der Waals surface area contributed by atoms with Gasteiger partial charge in [-0.2, -0.15) is 0 Å². The van der Waals surface area contributed by atoms with Gasteiger partial charge in [-0.25, -0.2) is 0 Å². The Morgan fingerprint density at radius 1 is 1.67 bits per heavy atom. The van der Waals surface area contributed by atoms with Gasteiger partial charge in [0.05, 0.1) is 0 Å². The van der Waals surface area contributed by atoms with Gasteiger partial charge in [-0.3, -0.25) is 4.79 Å². The van der Waals surface area contributed by atoms with Crippen molar-refractivity contribution in [3.05, 3.63) is 22.6 Å². The van der Waals surface area contributed by atoms with E-state index in [-0.39, 0.29) is 11.8 Å². The van der Waals surface area contributed by atoms with Gasteiger partial charge in [-0.1, -0.05) is 0 Å². The summed E-state index contributed by atoms with van der Waals surface area (Å²) in [6, 6.07) is 0. The van der Waals surface area contributed by atoms with Gasteiger partial charge in [0.25, 0.3) is 0 Å². The Labute approximate surface area is 74.2 Å². The van der Waals surface area contributed by atoms with Gasteiger partial charge >= 0.3 is 0 Å². The van der Waals surface area contributed by atoms with Crippen molar-refractivity contribution >= 4 is 17.0 Å². The molecule has 1 heterocycles. The summed E-state index contributed by atoms with van der Waals surface area (Å²) in [6.07, 6.45) is 3.95. The summed E-state index contributed by atoms with van der Waals surface area (Å²) >= 11 is -0.583. The fourth-order valence-corrected chi connectivity index (χ4v) is 2.45. The normalized spacial score (nSPS) is 30.0. The largest absolute Gasteiger partial charge is 0.398 e. The summed E-state index contributed by atoms with van der Waals surface area (Å²) in [7, 11) is 0. The highest BCUT2D eigenvalue weighted by atomic mass is 32.2. The third-order valence-corrected chi connectivity index (χ3v) is 3.43. The monoisotopic (exact) mass is 184 g/mol. The summed E-state index contributed by atoms with van der Waals surface area (Å²) in [5.41, 5.74) is 6.29. The minimum Gasteiger partial charge on any atom is -0.398 e. The van der Waals surface area contributed by atoms with Gasteiger partial charge in [-0.05, 0) is 29.7 Å². The van der Waals surface area contributed by atoms with E-state index >= 15 is 0 Å². The maximum Gasteiger partial charge on any atom is 0.231 e. The predicted octanol–water partition coefficient (Wildman–Crippen LogP) is 0.756. The van der Waals surface area contributed by atoms with Crippen LogP contribution in [0.4, 0.5) is 0 Å². The first-order chi connectivity index (χ1) is 5.75. The lowest BCUT2D eigenvalue weighted by molar-refractivity contribution is -0.120. The van der Waals surface area contributed by atoms with E-state index in [1.54, 1.807) is 0 Å². The summed E-state index contributed by atoms with van der Waals surface area (Å²) < 4.78 is 2.95. The maximum absolute atomic E-state index is 11.3. The van der Waals surface area contributed by atoms with Crippen LogP contribution < -0.4 is 10.5 Å². The Balaban J connectivity index is 1.87. The highest BCUT2D eigenvalue weighted by Crippen LogP contribution is 2.35. The van der Waals surface area contributed by atoms with Gasteiger partial charge in [-0.15, -0.1) is 11.1 Å². The molecule has 0 saturated heterocycles. The first-order valence-corrected chi connectivity index (χ1v) is 5.48. The van der Waals surface area contributed by atoms with E-state index in [9.17, 15) is 4.79 Å². The van der Waals surface area contributed by atoms with E-state index in [0.29, 0.717) is 0 Å². The molecule has 0 spiro atoms. The maximum atomic E-state index is 11.3. The van der Waals surface area contributed by atoms with Gasteiger partial charge in [0.1, 0.15) is 0 Å². The fraction of sp³-hybridized carbons (Fsp3) is 0.375. The van der Waals surface area contributed by atoms with Crippen molar-refractivity contribution in [3.8, 4) is 0 Å². The molecule has 2 rings (SSSR count). The van der Waals surface area contributed by atoms with E-state index in [1.165, 1.54) is 0 Å². The quantitative estimate of drug-likeness (QED) is 0.555. The molecule has 0 aromatic carbocycles. The van der Waals surface area contributed by atoms with Crippen LogP contribution in [0.1, 0.15) is 12.8 Å². The average Bonchev–Trinajstić information content (AvgIpc) is 2.78. The highest BCUT2D eigenvalue weighted by Gasteiger charge is 2.30. The summed E-state index contributed by atoms with van der Waals surface area (Å²) in [5.74, 6) is 0.479. The number of hydrogen-bond donors (Lipinski definition) is 3. The van der Waals surface area contributed by atoms with Gasteiger partial charge in [0.15, 0.2) is 0 Å². The number of nitrogens with one attached hydrogen (secondary N) is 1. The lowest BCUT2D eigenvalue weighted by Crippen LogP contribution is -2.19. The first kappa shape index (κ1) is 7.73. The number of carbonyl (C=O) groups excluding carboxylic acids is 1. The molecule has 4 heteroatoms. The molecule has 1 unspecified atom stereocenters. The minimum absolute atomic E-state index is 0.191. The number of rotatable bonds is 2. The van der Waals surface area contributed by atoms with Crippen LogP contribution in [0.5, 0.6) is 0 Å². The second-order valence-electron chi connectivity index (χ2n) is 3.10. The second-order valence-corrected chi connectivity index (χ2v) is 4.70. The molecule has 1 amide bonds. The first-order valence-electron chi connectivity index (χ1n) is 4.00. The van der Waals surface area contributed by atoms with Crippen LogP contribution in [0.15, 0.2) is 22.6 Å². The van der Waals surface area contributed by atoms with Gasteiger partial charge in [0, 0.05) is 11.6 Å². The number of amides is 1. The van der Waals surface area contributed by atoms with Crippen molar-refractivity contribution < 1.29 is 4.79 Å². The molecular weight excluding hydrogens is 172 g/mol. The van der Waals surface area contributed by atoms with E-state index in [1.807, 2.05) is 16.9 Å². The Morgan fingerprint density at radius 3 is 2.92 bits per heavy atom. The predicted molar refractivity (Wildman–Crippen MR) is 51.3 cm³/mol. The van der Waals surface area contributed by atoms with E-state index < -0.39 is 11.1 Å². The second kappa shape index (κ2) is 2.86. The zero-order chi connectivity index (χ0) is 8.55. The Bertz CT molecular complexity index is 268. The lowest BCUT2D eigenvalue weighted by Gasteiger charge is -2.11.